The number of nitrogens with zero attached hydrogens (tertiary/aromatic N) is 3. The minimum atomic E-state index is -0.145. The van der Waals surface area contributed by atoms with Crippen LogP contribution in [0.1, 0.15) is 23.2 Å². The van der Waals surface area contributed by atoms with Crippen molar-refractivity contribution in [2.75, 3.05) is 5.32 Å². The maximum absolute atomic E-state index is 5.54. The van der Waals surface area contributed by atoms with Gasteiger partial charge in [-0.05, 0) is 30.7 Å². The SMILES string of the molecule is Cc1cncc(NC(c2ccco2)c2nccn2C)c1. The van der Waals surface area contributed by atoms with Crippen LogP contribution in [0.25, 0.3) is 0 Å². The summed E-state index contributed by atoms with van der Waals surface area (Å²) < 4.78 is 7.52. The maximum atomic E-state index is 5.54. The first kappa shape index (κ1) is 12.5. The lowest BCUT2D eigenvalue weighted by molar-refractivity contribution is 0.488. The fraction of sp³-hybridized carbons (Fsp3) is 0.200. The molecule has 5 heteroatoms. The number of aryl methyl sites for hydroxylation is 2. The molecule has 102 valence electrons. The van der Waals surface area contributed by atoms with Crippen molar-refractivity contribution in [3.05, 3.63) is 66.4 Å². The zero-order chi connectivity index (χ0) is 13.9. The summed E-state index contributed by atoms with van der Waals surface area (Å²) >= 11 is 0. The molecule has 0 saturated carbocycles. The Labute approximate surface area is 117 Å². The van der Waals surface area contributed by atoms with Gasteiger partial charge in [-0.25, -0.2) is 4.98 Å². The third-order valence-corrected chi connectivity index (χ3v) is 3.13. The van der Waals surface area contributed by atoms with E-state index in [9.17, 15) is 0 Å². The van der Waals surface area contributed by atoms with Gasteiger partial charge in [0.2, 0.25) is 0 Å². The highest BCUT2D eigenvalue weighted by atomic mass is 16.3. The molecule has 0 spiro atoms. The lowest BCUT2D eigenvalue weighted by Crippen LogP contribution is -2.16. The van der Waals surface area contributed by atoms with Crippen LogP contribution in [0.4, 0.5) is 5.69 Å². The Morgan fingerprint density at radius 2 is 2.25 bits per heavy atom. The van der Waals surface area contributed by atoms with E-state index in [1.165, 1.54) is 0 Å². The molecule has 3 aromatic heterocycles. The molecule has 0 fully saturated rings. The Hall–Kier alpha value is -2.56. The van der Waals surface area contributed by atoms with Crippen LogP contribution in [0.2, 0.25) is 0 Å². The molecule has 0 aliphatic rings. The Morgan fingerprint density at radius 3 is 2.90 bits per heavy atom. The lowest BCUT2D eigenvalue weighted by atomic mass is 10.2. The van der Waals surface area contributed by atoms with Gasteiger partial charge in [0.25, 0.3) is 0 Å². The van der Waals surface area contributed by atoms with Crippen LogP contribution in [0.15, 0.2) is 53.7 Å². The summed E-state index contributed by atoms with van der Waals surface area (Å²) in [6.07, 6.45) is 8.99. The van der Waals surface area contributed by atoms with E-state index in [0.29, 0.717) is 0 Å². The van der Waals surface area contributed by atoms with Gasteiger partial charge in [0.15, 0.2) is 0 Å². The molecule has 3 rings (SSSR count). The number of hydrogen-bond acceptors (Lipinski definition) is 4. The normalized spacial score (nSPS) is 12.3. The van der Waals surface area contributed by atoms with E-state index in [4.69, 9.17) is 4.42 Å². The summed E-state index contributed by atoms with van der Waals surface area (Å²) in [4.78, 5) is 8.61. The molecule has 1 N–H and O–H groups in total. The van der Waals surface area contributed by atoms with Crippen molar-refractivity contribution < 1.29 is 4.42 Å². The topological polar surface area (TPSA) is 55.9 Å². The smallest absolute Gasteiger partial charge is 0.143 e. The number of imidazole rings is 1. The van der Waals surface area contributed by atoms with Gasteiger partial charge in [-0.3, -0.25) is 4.98 Å². The zero-order valence-electron chi connectivity index (χ0n) is 11.4. The van der Waals surface area contributed by atoms with E-state index >= 15 is 0 Å². The van der Waals surface area contributed by atoms with Crippen molar-refractivity contribution in [3.63, 3.8) is 0 Å². The second-order valence-electron chi connectivity index (χ2n) is 4.74. The van der Waals surface area contributed by atoms with Gasteiger partial charge in [0.05, 0.1) is 12.0 Å². The first-order valence-electron chi connectivity index (χ1n) is 6.43. The molecule has 3 heterocycles. The molecule has 3 aromatic rings. The third-order valence-electron chi connectivity index (χ3n) is 3.13. The van der Waals surface area contributed by atoms with E-state index in [1.54, 1.807) is 18.7 Å². The minimum Gasteiger partial charge on any atom is -0.467 e. The van der Waals surface area contributed by atoms with Crippen LogP contribution < -0.4 is 5.32 Å². The van der Waals surface area contributed by atoms with Crippen LogP contribution in [0.5, 0.6) is 0 Å². The van der Waals surface area contributed by atoms with Crippen LogP contribution >= 0.6 is 0 Å². The van der Waals surface area contributed by atoms with E-state index in [1.807, 2.05) is 49.1 Å². The predicted octanol–water partition coefficient (Wildman–Crippen LogP) is 2.92. The molecule has 20 heavy (non-hydrogen) atoms. The van der Waals surface area contributed by atoms with Gasteiger partial charge in [-0.2, -0.15) is 0 Å². The lowest BCUT2D eigenvalue weighted by Gasteiger charge is -2.17. The number of hydrogen-bond donors (Lipinski definition) is 1. The number of furan rings is 1. The first-order valence-corrected chi connectivity index (χ1v) is 6.43. The number of rotatable bonds is 4. The Kier molecular flexibility index (Phi) is 3.25. The molecule has 0 saturated heterocycles. The summed E-state index contributed by atoms with van der Waals surface area (Å²) in [7, 11) is 1.97. The van der Waals surface area contributed by atoms with Crippen LogP contribution in [0, 0.1) is 6.92 Å². The van der Waals surface area contributed by atoms with E-state index < -0.39 is 0 Å². The van der Waals surface area contributed by atoms with E-state index in [-0.39, 0.29) is 6.04 Å². The van der Waals surface area contributed by atoms with Gasteiger partial charge >= 0.3 is 0 Å². The summed E-state index contributed by atoms with van der Waals surface area (Å²) in [5, 5.41) is 3.43. The summed E-state index contributed by atoms with van der Waals surface area (Å²) in [5.41, 5.74) is 2.04. The van der Waals surface area contributed by atoms with Gasteiger partial charge in [-0.15, -0.1) is 0 Å². The standard InChI is InChI=1S/C15H16N4O/c1-11-8-12(10-16-9-11)18-14(13-4-3-7-20-13)15-17-5-6-19(15)2/h3-10,14,18H,1-2H3. The second-order valence-corrected chi connectivity index (χ2v) is 4.74. The molecule has 1 atom stereocenters. The van der Waals surface area contributed by atoms with Crippen molar-refractivity contribution in [2.24, 2.45) is 7.05 Å². The fourth-order valence-electron chi connectivity index (χ4n) is 2.17. The molecule has 0 aromatic carbocycles. The van der Waals surface area contributed by atoms with Crippen LogP contribution in [-0.2, 0) is 7.05 Å². The fourth-order valence-corrected chi connectivity index (χ4v) is 2.17. The molecular formula is C15H16N4O. The molecule has 0 amide bonds. The highest BCUT2D eigenvalue weighted by molar-refractivity contribution is 5.46. The molecule has 0 aliphatic heterocycles. The largest absolute Gasteiger partial charge is 0.467 e. The zero-order valence-corrected chi connectivity index (χ0v) is 11.4. The van der Waals surface area contributed by atoms with Crippen molar-refractivity contribution in [1.82, 2.24) is 14.5 Å². The number of aromatic nitrogens is 3. The predicted molar refractivity (Wildman–Crippen MR) is 76.4 cm³/mol. The van der Waals surface area contributed by atoms with Gasteiger partial charge in [-0.1, -0.05) is 0 Å². The second kappa shape index (κ2) is 5.21. The molecule has 1 unspecified atom stereocenters. The third kappa shape index (κ3) is 2.42. The average molecular weight is 268 g/mol. The Morgan fingerprint density at radius 1 is 1.35 bits per heavy atom. The molecule has 5 nitrogen and oxygen atoms in total. The summed E-state index contributed by atoms with van der Waals surface area (Å²) in [6, 6.07) is 5.72. The highest BCUT2D eigenvalue weighted by Crippen LogP contribution is 2.25. The average Bonchev–Trinajstić information content (AvgIpc) is 3.07. The number of nitrogens with one attached hydrogen (secondary N) is 1. The monoisotopic (exact) mass is 268 g/mol. The molecule has 0 radical (unpaired) electrons. The van der Waals surface area contributed by atoms with E-state index in [2.05, 4.69) is 15.3 Å². The Balaban J connectivity index is 1.97. The molecule has 0 bridgehead atoms. The quantitative estimate of drug-likeness (QED) is 0.790. The maximum Gasteiger partial charge on any atom is 0.143 e. The van der Waals surface area contributed by atoms with Gasteiger partial charge < -0.3 is 14.3 Å². The summed E-state index contributed by atoms with van der Waals surface area (Å²) in [5.74, 6) is 1.71. The Bertz CT molecular complexity index is 687. The molecule has 0 aliphatic carbocycles. The first-order chi connectivity index (χ1) is 9.74. The van der Waals surface area contributed by atoms with Crippen molar-refractivity contribution in [3.8, 4) is 0 Å². The van der Waals surface area contributed by atoms with Crippen LogP contribution in [-0.4, -0.2) is 14.5 Å². The van der Waals surface area contributed by atoms with Crippen molar-refractivity contribution in [1.29, 1.82) is 0 Å². The van der Waals surface area contributed by atoms with Crippen molar-refractivity contribution in [2.45, 2.75) is 13.0 Å². The van der Waals surface area contributed by atoms with Gasteiger partial charge in [0, 0.05) is 31.8 Å². The minimum absolute atomic E-state index is 0.145. The van der Waals surface area contributed by atoms with Gasteiger partial charge in [0.1, 0.15) is 17.6 Å². The van der Waals surface area contributed by atoms with Crippen molar-refractivity contribution >= 4 is 5.69 Å². The van der Waals surface area contributed by atoms with Crippen LogP contribution in [0.3, 0.4) is 0 Å². The summed E-state index contributed by atoms with van der Waals surface area (Å²) in [6.45, 7) is 2.01. The van der Waals surface area contributed by atoms with E-state index in [0.717, 1.165) is 22.8 Å². The number of anilines is 1. The highest BCUT2D eigenvalue weighted by Gasteiger charge is 2.20. The molecular weight excluding hydrogens is 252 g/mol. The number of pyridine rings is 1.